The molecule has 2 aromatic rings. The summed E-state index contributed by atoms with van der Waals surface area (Å²) in [5, 5.41) is 3.19. The molecule has 0 bridgehead atoms. The predicted molar refractivity (Wildman–Crippen MR) is 77.8 cm³/mol. The maximum Gasteiger partial charge on any atom is 0.159 e. The summed E-state index contributed by atoms with van der Waals surface area (Å²) >= 11 is 0. The molecule has 0 spiro atoms. The Morgan fingerprint density at radius 1 is 1.00 bits per heavy atom. The van der Waals surface area contributed by atoms with Crippen molar-refractivity contribution in [1.82, 2.24) is 5.32 Å². The highest BCUT2D eigenvalue weighted by atomic mass is 19.2. The van der Waals surface area contributed by atoms with E-state index < -0.39 is 11.6 Å². The van der Waals surface area contributed by atoms with Crippen molar-refractivity contribution in [3.8, 4) is 0 Å². The van der Waals surface area contributed by atoms with Crippen molar-refractivity contribution in [2.45, 2.75) is 18.8 Å². The Kier molecular flexibility index (Phi) is 5.24. The molecule has 106 valence electrons. The maximum atomic E-state index is 13.2. The van der Waals surface area contributed by atoms with E-state index in [0.29, 0.717) is 5.92 Å². The summed E-state index contributed by atoms with van der Waals surface area (Å²) in [5.74, 6) is -1.19. The Balaban J connectivity index is 2.03. The number of likely N-dealkylation sites (N-methyl/N-ethyl adjacent to an activating group) is 1. The minimum absolute atomic E-state index is 0.370. The van der Waals surface area contributed by atoms with Crippen LogP contribution in [-0.4, -0.2) is 13.6 Å². The van der Waals surface area contributed by atoms with E-state index in [2.05, 4.69) is 17.4 Å². The Morgan fingerprint density at radius 3 is 2.40 bits per heavy atom. The van der Waals surface area contributed by atoms with Crippen molar-refractivity contribution < 1.29 is 8.78 Å². The van der Waals surface area contributed by atoms with Gasteiger partial charge in [0.05, 0.1) is 0 Å². The average Bonchev–Trinajstić information content (AvgIpc) is 2.48. The van der Waals surface area contributed by atoms with Crippen molar-refractivity contribution in [1.29, 1.82) is 0 Å². The van der Waals surface area contributed by atoms with Gasteiger partial charge in [-0.3, -0.25) is 0 Å². The Hall–Kier alpha value is -1.74. The SMILES string of the molecule is CNCC(CCc1ccc(F)c(F)c1)c1ccccc1. The van der Waals surface area contributed by atoms with Gasteiger partial charge in [0.1, 0.15) is 0 Å². The van der Waals surface area contributed by atoms with Gasteiger partial charge >= 0.3 is 0 Å². The van der Waals surface area contributed by atoms with Crippen LogP contribution in [0.3, 0.4) is 0 Å². The number of aryl methyl sites for hydroxylation is 1. The molecule has 0 aliphatic rings. The van der Waals surface area contributed by atoms with Crippen LogP contribution in [0.25, 0.3) is 0 Å². The molecule has 0 saturated carbocycles. The fraction of sp³-hybridized carbons (Fsp3) is 0.294. The molecular formula is C17H19F2N. The summed E-state index contributed by atoms with van der Waals surface area (Å²) in [6, 6.07) is 14.4. The average molecular weight is 275 g/mol. The van der Waals surface area contributed by atoms with Gasteiger partial charge < -0.3 is 5.32 Å². The molecule has 20 heavy (non-hydrogen) atoms. The normalized spacial score (nSPS) is 12.3. The third-order valence-electron chi connectivity index (χ3n) is 3.49. The van der Waals surface area contributed by atoms with Crippen LogP contribution in [0, 0.1) is 11.6 Å². The van der Waals surface area contributed by atoms with Crippen LogP contribution in [0.4, 0.5) is 8.78 Å². The lowest BCUT2D eigenvalue weighted by Crippen LogP contribution is -2.17. The zero-order valence-corrected chi connectivity index (χ0v) is 11.6. The fourth-order valence-electron chi connectivity index (χ4n) is 2.39. The maximum absolute atomic E-state index is 13.2. The first-order valence-electron chi connectivity index (χ1n) is 6.84. The van der Waals surface area contributed by atoms with Gasteiger partial charge in [-0.1, -0.05) is 36.4 Å². The molecule has 0 aromatic heterocycles. The highest BCUT2D eigenvalue weighted by Gasteiger charge is 2.11. The predicted octanol–water partition coefficient (Wildman–Crippen LogP) is 3.90. The van der Waals surface area contributed by atoms with E-state index >= 15 is 0 Å². The second kappa shape index (κ2) is 7.15. The molecule has 0 aliphatic carbocycles. The van der Waals surface area contributed by atoms with Gasteiger partial charge in [0, 0.05) is 6.54 Å². The van der Waals surface area contributed by atoms with Crippen LogP contribution in [0.1, 0.15) is 23.5 Å². The Bertz CT molecular complexity index is 540. The zero-order valence-electron chi connectivity index (χ0n) is 11.6. The number of hydrogen-bond donors (Lipinski definition) is 1. The van der Waals surface area contributed by atoms with Crippen molar-refractivity contribution in [2.24, 2.45) is 0 Å². The summed E-state index contributed by atoms with van der Waals surface area (Å²) in [7, 11) is 1.92. The van der Waals surface area contributed by atoms with Crippen molar-refractivity contribution >= 4 is 0 Å². The summed E-state index contributed by atoms with van der Waals surface area (Å²) in [4.78, 5) is 0. The minimum atomic E-state index is -0.788. The summed E-state index contributed by atoms with van der Waals surface area (Å²) < 4.78 is 26.1. The molecule has 2 rings (SSSR count). The highest BCUT2D eigenvalue weighted by molar-refractivity contribution is 5.22. The van der Waals surface area contributed by atoms with E-state index in [1.165, 1.54) is 17.7 Å². The Labute approximate surface area is 118 Å². The van der Waals surface area contributed by atoms with E-state index in [0.717, 1.165) is 24.9 Å². The first-order valence-corrected chi connectivity index (χ1v) is 6.84. The summed E-state index contributed by atoms with van der Waals surface area (Å²) in [6.07, 6.45) is 1.63. The molecule has 1 N–H and O–H groups in total. The fourth-order valence-corrected chi connectivity index (χ4v) is 2.39. The molecule has 0 saturated heterocycles. The van der Waals surface area contributed by atoms with Crippen molar-refractivity contribution in [2.75, 3.05) is 13.6 Å². The summed E-state index contributed by atoms with van der Waals surface area (Å²) in [5.41, 5.74) is 2.10. The van der Waals surface area contributed by atoms with Gasteiger partial charge in [0.2, 0.25) is 0 Å². The zero-order chi connectivity index (χ0) is 14.4. The van der Waals surface area contributed by atoms with Crippen molar-refractivity contribution in [3.05, 3.63) is 71.3 Å². The first-order chi connectivity index (χ1) is 9.70. The molecule has 1 nitrogen and oxygen atoms in total. The lowest BCUT2D eigenvalue weighted by molar-refractivity contribution is 0.505. The second-order valence-corrected chi connectivity index (χ2v) is 4.95. The van der Waals surface area contributed by atoms with Gasteiger partial charge in [-0.15, -0.1) is 0 Å². The van der Waals surface area contributed by atoms with Crippen LogP contribution >= 0.6 is 0 Å². The van der Waals surface area contributed by atoms with Crippen LogP contribution in [0.5, 0.6) is 0 Å². The van der Waals surface area contributed by atoms with E-state index in [-0.39, 0.29) is 0 Å². The number of rotatable bonds is 6. The van der Waals surface area contributed by atoms with Gasteiger partial charge in [-0.2, -0.15) is 0 Å². The van der Waals surface area contributed by atoms with Gasteiger partial charge in [0.25, 0.3) is 0 Å². The summed E-state index contributed by atoms with van der Waals surface area (Å²) in [6.45, 7) is 0.869. The van der Waals surface area contributed by atoms with Crippen LogP contribution in [0.2, 0.25) is 0 Å². The second-order valence-electron chi connectivity index (χ2n) is 4.95. The third kappa shape index (κ3) is 3.87. The van der Waals surface area contributed by atoms with Gasteiger partial charge in [-0.05, 0) is 49.1 Å². The molecule has 0 heterocycles. The quantitative estimate of drug-likeness (QED) is 0.843. The van der Waals surface area contributed by atoms with Crippen LogP contribution < -0.4 is 5.32 Å². The monoisotopic (exact) mass is 275 g/mol. The Morgan fingerprint density at radius 2 is 1.75 bits per heavy atom. The highest BCUT2D eigenvalue weighted by Crippen LogP contribution is 2.21. The topological polar surface area (TPSA) is 12.0 Å². The van der Waals surface area contributed by atoms with Crippen molar-refractivity contribution in [3.63, 3.8) is 0 Å². The molecular weight excluding hydrogens is 256 g/mol. The van der Waals surface area contributed by atoms with Crippen LogP contribution in [-0.2, 0) is 6.42 Å². The van der Waals surface area contributed by atoms with Crippen LogP contribution in [0.15, 0.2) is 48.5 Å². The van der Waals surface area contributed by atoms with Gasteiger partial charge in [-0.25, -0.2) is 8.78 Å². The van der Waals surface area contributed by atoms with E-state index in [4.69, 9.17) is 0 Å². The molecule has 0 amide bonds. The molecule has 1 atom stereocenters. The number of halogens is 2. The number of benzene rings is 2. The third-order valence-corrected chi connectivity index (χ3v) is 3.49. The molecule has 2 aromatic carbocycles. The molecule has 0 radical (unpaired) electrons. The largest absolute Gasteiger partial charge is 0.319 e. The smallest absolute Gasteiger partial charge is 0.159 e. The number of nitrogens with one attached hydrogen (secondary N) is 1. The molecule has 1 unspecified atom stereocenters. The molecule has 0 aliphatic heterocycles. The standard InChI is InChI=1S/C17H19F2N/c1-20-12-15(14-5-3-2-4-6-14)9-7-13-8-10-16(18)17(19)11-13/h2-6,8,10-11,15,20H,7,9,12H2,1H3. The lowest BCUT2D eigenvalue weighted by Gasteiger charge is -2.17. The first kappa shape index (κ1) is 14.7. The molecule has 0 fully saturated rings. The van der Waals surface area contributed by atoms with E-state index in [1.807, 2.05) is 25.2 Å². The van der Waals surface area contributed by atoms with E-state index in [9.17, 15) is 8.78 Å². The molecule has 3 heteroatoms. The minimum Gasteiger partial charge on any atom is -0.319 e. The lowest BCUT2D eigenvalue weighted by atomic mass is 9.92. The van der Waals surface area contributed by atoms with E-state index in [1.54, 1.807) is 6.07 Å². The number of hydrogen-bond acceptors (Lipinski definition) is 1. The van der Waals surface area contributed by atoms with Gasteiger partial charge in [0.15, 0.2) is 11.6 Å².